The van der Waals surface area contributed by atoms with Crippen LogP contribution in [-0.2, 0) is 6.54 Å². The highest BCUT2D eigenvalue weighted by atomic mass is 16.6. The first-order valence-electron chi connectivity index (χ1n) is 11.7. The summed E-state index contributed by atoms with van der Waals surface area (Å²) in [6.45, 7) is 8.72. The van der Waals surface area contributed by atoms with Crippen molar-refractivity contribution < 1.29 is 9.42 Å². The quantitative estimate of drug-likeness (QED) is 0.460. The number of amides is 1. The molecule has 172 valence electrons. The first-order valence-corrected chi connectivity index (χ1v) is 11.7. The fourth-order valence-electron chi connectivity index (χ4n) is 4.66. The maximum Gasteiger partial charge on any atom is 0.256 e. The van der Waals surface area contributed by atoms with Crippen molar-refractivity contribution >= 4 is 39.3 Å². The Kier molecular flexibility index (Phi) is 5.70. The molecule has 0 radical (unpaired) electrons. The zero-order chi connectivity index (χ0) is 22.9. The van der Waals surface area contributed by atoms with Gasteiger partial charge in [-0.3, -0.25) is 4.79 Å². The number of rotatable bonds is 6. The van der Waals surface area contributed by atoms with E-state index in [-0.39, 0.29) is 5.91 Å². The predicted octanol–water partition coefficient (Wildman–Crippen LogP) is 4.63. The molecule has 4 heterocycles. The van der Waals surface area contributed by atoms with Gasteiger partial charge >= 0.3 is 0 Å². The van der Waals surface area contributed by atoms with Crippen LogP contribution >= 0.6 is 0 Å². The van der Waals surface area contributed by atoms with Gasteiger partial charge in [0.05, 0.1) is 28.0 Å². The first-order chi connectivity index (χ1) is 16.1. The molecule has 1 aliphatic rings. The Morgan fingerprint density at radius 1 is 1.12 bits per heavy atom. The number of anilines is 2. The molecule has 4 aromatic rings. The number of pyridine rings is 1. The van der Waals surface area contributed by atoms with Crippen molar-refractivity contribution in [2.75, 3.05) is 23.3 Å². The highest BCUT2D eigenvalue weighted by Gasteiger charge is 2.22. The molecule has 0 atom stereocenters. The maximum atomic E-state index is 13.4. The van der Waals surface area contributed by atoms with E-state index in [1.165, 1.54) is 6.42 Å². The molecule has 0 saturated carbocycles. The lowest BCUT2D eigenvalue weighted by Crippen LogP contribution is -2.29. The Hall–Kier alpha value is -3.49. The minimum absolute atomic E-state index is 0.223. The van der Waals surface area contributed by atoms with E-state index in [4.69, 9.17) is 4.63 Å². The third-order valence-electron chi connectivity index (χ3n) is 6.31. The molecule has 33 heavy (non-hydrogen) atoms. The van der Waals surface area contributed by atoms with Crippen molar-refractivity contribution in [3.05, 3.63) is 35.2 Å². The summed E-state index contributed by atoms with van der Waals surface area (Å²) in [6, 6.07) is 5.70. The molecule has 9 nitrogen and oxygen atoms in total. The van der Waals surface area contributed by atoms with E-state index in [1.807, 2.05) is 36.7 Å². The van der Waals surface area contributed by atoms with Crippen molar-refractivity contribution in [2.45, 2.75) is 59.4 Å². The second kappa shape index (κ2) is 8.80. The number of hydrogen-bond acceptors (Lipinski definition) is 7. The number of nitrogens with one attached hydrogen (secondary N) is 1. The van der Waals surface area contributed by atoms with E-state index >= 15 is 0 Å². The molecular weight excluding hydrogens is 418 g/mol. The number of unbranched alkanes of at least 4 members (excludes halogenated alkanes) is 1. The molecule has 9 heteroatoms. The predicted molar refractivity (Wildman–Crippen MR) is 128 cm³/mol. The van der Waals surface area contributed by atoms with Crippen LogP contribution in [0.5, 0.6) is 0 Å². The first kappa shape index (κ1) is 21.4. The van der Waals surface area contributed by atoms with E-state index in [9.17, 15) is 4.79 Å². The number of aromatic nitrogens is 5. The molecule has 1 saturated heterocycles. The maximum absolute atomic E-state index is 13.4. The van der Waals surface area contributed by atoms with Gasteiger partial charge in [0.1, 0.15) is 0 Å². The number of aryl methyl sites for hydroxylation is 3. The van der Waals surface area contributed by atoms with Crippen LogP contribution in [0.15, 0.2) is 22.8 Å². The van der Waals surface area contributed by atoms with Crippen molar-refractivity contribution in [3.63, 3.8) is 0 Å². The third-order valence-corrected chi connectivity index (χ3v) is 6.31. The normalized spacial score (nSPS) is 14.3. The summed E-state index contributed by atoms with van der Waals surface area (Å²) in [5.74, 6) is -0.223. The average Bonchev–Trinajstić information content (AvgIpc) is 3.43. The highest BCUT2D eigenvalue weighted by Crippen LogP contribution is 2.32. The van der Waals surface area contributed by atoms with Gasteiger partial charge in [-0.25, -0.2) is 14.3 Å². The highest BCUT2D eigenvalue weighted by molar-refractivity contribution is 6.15. The summed E-state index contributed by atoms with van der Waals surface area (Å²) < 4.78 is 6.98. The van der Waals surface area contributed by atoms with Crippen LogP contribution in [0.2, 0.25) is 0 Å². The third kappa shape index (κ3) is 3.92. The lowest BCUT2D eigenvalue weighted by Gasteiger charge is -2.28. The van der Waals surface area contributed by atoms with Gasteiger partial charge in [0.25, 0.3) is 5.91 Å². The van der Waals surface area contributed by atoms with Crippen LogP contribution in [0.1, 0.15) is 60.8 Å². The Balaban J connectivity index is 1.50. The van der Waals surface area contributed by atoms with Gasteiger partial charge in [0.2, 0.25) is 0 Å². The Bertz CT molecular complexity index is 1320. The fraction of sp³-hybridized carbons (Fsp3) is 0.458. The number of piperidine rings is 1. The lowest BCUT2D eigenvalue weighted by molar-refractivity contribution is 0.102. The lowest BCUT2D eigenvalue weighted by atomic mass is 10.1. The largest absolute Gasteiger partial charge is 0.370 e. The molecule has 1 amide bonds. The topological polar surface area (TPSA) is 102 Å². The number of fused-ring (bicyclic) bond motifs is 2. The SMILES string of the molecule is CCCCn1nc(C)c2c(C(=O)Nc3ccc(N4CCCCC4)c4nonc34)cc(C)nc21. The standard InChI is InChI=1S/C24H29N7O2/c1-4-5-13-31-23-20(16(3)27-31)17(14-15(2)25-23)24(32)26-18-9-10-19(22-21(18)28-33-29-22)30-11-7-6-8-12-30/h9-10,14H,4-8,11-13H2,1-3H3,(H,26,32). The van der Waals surface area contributed by atoms with Crippen LogP contribution < -0.4 is 10.2 Å². The molecule has 1 N–H and O–H groups in total. The van der Waals surface area contributed by atoms with Gasteiger partial charge in [0.15, 0.2) is 16.7 Å². The van der Waals surface area contributed by atoms with E-state index < -0.39 is 0 Å². The van der Waals surface area contributed by atoms with Gasteiger partial charge in [0, 0.05) is 25.3 Å². The van der Waals surface area contributed by atoms with E-state index in [1.54, 1.807) is 0 Å². The van der Waals surface area contributed by atoms with Gasteiger partial charge in [-0.15, -0.1) is 0 Å². The van der Waals surface area contributed by atoms with Crippen molar-refractivity contribution in [3.8, 4) is 0 Å². The van der Waals surface area contributed by atoms with Crippen LogP contribution in [0, 0.1) is 13.8 Å². The van der Waals surface area contributed by atoms with Gasteiger partial charge in [-0.05, 0) is 68.0 Å². The number of carbonyl (C=O) groups excluding carboxylic acids is 1. The average molecular weight is 448 g/mol. The molecule has 0 aliphatic carbocycles. The number of nitrogens with zero attached hydrogens (tertiary/aromatic N) is 6. The molecule has 1 aromatic carbocycles. The number of hydrogen-bond donors (Lipinski definition) is 1. The van der Waals surface area contributed by atoms with Crippen LogP contribution in [0.3, 0.4) is 0 Å². The minimum atomic E-state index is -0.223. The molecule has 0 spiro atoms. The fourth-order valence-corrected chi connectivity index (χ4v) is 4.66. The number of carbonyl (C=O) groups is 1. The van der Waals surface area contributed by atoms with Gasteiger partial charge in [-0.2, -0.15) is 5.10 Å². The van der Waals surface area contributed by atoms with Gasteiger partial charge in [-0.1, -0.05) is 13.3 Å². The van der Waals surface area contributed by atoms with Crippen LogP contribution in [0.25, 0.3) is 22.1 Å². The summed E-state index contributed by atoms with van der Waals surface area (Å²) >= 11 is 0. The molecule has 0 unspecified atom stereocenters. The summed E-state index contributed by atoms with van der Waals surface area (Å²) in [4.78, 5) is 20.4. The molecule has 1 fully saturated rings. The second-order valence-electron chi connectivity index (χ2n) is 8.77. The minimum Gasteiger partial charge on any atom is -0.370 e. The van der Waals surface area contributed by atoms with E-state index in [0.717, 1.165) is 73.4 Å². The zero-order valence-corrected chi connectivity index (χ0v) is 19.4. The Labute approximate surface area is 192 Å². The van der Waals surface area contributed by atoms with E-state index in [2.05, 4.69) is 37.5 Å². The number of benzene rings is 1. The van der Waals surface area contributed by atoms with Crippen molar-refractivity contribution in [1.29, 1.82) is 0 Å². The molecule has 3 aromatic heterocycles. The molecule has 0 bridgehead atoms. The summed E-state index contributed by atoms with van der Waals surface area (Å²) in [5, 5.41) is 16.7. The molecule has 5 rings (SSSR count). The Morgan fingerprint density at radius 2 is 1.91 bits per heavy atom. The summed E-state index contributed by atoms with van der Waals surface area (Å²) in [6.07, 6.45) is 5.64. The van der Waals surface area contributed by atoms with Crippen molar-refractivity contribution in [1.82, 2.24) is 25.1 Å². The van der Waals surface area contributed by atoms with E-state index in [0.29, 0.717) is 22.3 Å². The Morgan fingerprint density at radius 3 is 2.70 bits per heavy atom. The summed E-state index contributed by atoms with van der Waals surface area (Å²) in [5.41, 5.74) is 5.70. The molecular formula is C24H29N7O2. The summed E-state index contributed by atoms with van der Waals surface area (Å²) in [7, 11) is 0. The van der Waals surface area contributed by atoms with Crippen molar-refractivity contribution in [2.24, 2.45) is 0 Å². The zero-order valence-electron chi connectivity index (χ0n) is 19.4. The van der Waals surface area contributed by atoms with Crippen LogP contribution in [0.4, 0.5) is 11.4 Å². The monoisotopic (exact) mass is 447 g/mol. The smallest absolute Gasteiger partial charge is 0.256 e. The molecule has 1 aliphatic heterocycles. The van der Waals surface area contributed by atoms with Gasteiger partial charge < -0.3 is 10.2 Å². The van der Waals surface area contributed by atoms with Crippen LogP contribution in [-0.4, -0.2) is 44.1 Å². The second-order valence-corrected chi connectivity index (χ2v) is 8.77.